The highest BCUT2D eigenvalue weighted by molar-refractivity contribution is 6.07. The van der Waals surface area contributed by atoms with Crippen molar-refractivity contribution < 1.29 is 23.9 Å². The van der Waals surface area contributed by atoms with Gasteiger partial charge in [0.05, 0.1) is 19.3 Å². The van der Waals surface area contributed by atoms with Crippen molar-refractivity contribution >= 4 is 17.9 Å². The summed E-state index contributed by atoms with van der Waals surface area (Å²) in [5.41, 5.74) is 3.25. The average molecular weight is 492 g/mol. The summed E-state index contributed by atoms with van der Waals surface area (Å²) in [5.74, 6) is -0.402. The van der Waals surface area contributed by atoms with Crippen LogP contribution in [0.2, 0.25) is 0 Å². The highest BCUT2D eigenvalue weighted by Crippen LogP contribution is 2.40. The van der Waals surface area contributed by atoms with Crippen LogP contribution in [-0.2, 0) is 33.7 Å². The monoisotopic (exact) mass is 491 g/mol. The molecule has 5 rings (SSSR count). The largest absolute Gasteiger partial charge is 0.465 e. The molecular formula is C28H33N3O5. The zero-order valence-electron chi connectivity index (χ0n) is 20.9. The molecule has 3 aliphatic rings. The van der Waals surface area contributed by atoms with Crippen molar-refractivity contribution in [2.24, 2.45) is 0 Å². The Hall–Kier alpha value is -3.23. The van der Waals surface area contributed by atoms with Crippen LogP contribution in [0.5, 0.6) is 0 Å². The lowest BCUT2D eigenvalue weighted by atomic mass is 9.85. The van der Waals surface area contributed by atoms with E-state index in [0.29, 0.717) is 44.6 Å². The van der Waals surface area contributed by atoms with Crippen molar-refractivity contribution in [2.75, 3.05) is 40.5 Å². The minimum Gasteiger partial charge on any atom is -0.465 e. The van der Waals surface area contributed by atoms with E-state index in [9.17, 15) is 14.4 Å². The third-order valence-corrected chi connectivity index (χ3v) is 7.95. The van der Waals surface area contributed by atoms with Crippen LogP contribution in [0.25, 0.3) is 0 Å². The van der Waals surface area contributed by atoms with Crippen molar-refractivity contribution in [3.8, 4) is 0 Å². The van der Waals surface area contributed by atoms with Gasteiger partial charge in [-0.2, -0.15) is 0 Å². The first-order valence-electron chi connectivity index (χ1n) is 12.6. The van der Waals surface area contributed by atoms with Gasteiger partial charge in [0.25, 0.3) is 5.91 Å². The Balaban J connectivity index is 1.30. The van der Waals surface area contributed by atoms with Crippen LogP contribution >= 0.6 is 0 Å². The maximum absolute atomic E-state index is 14.0. The number of carbonyl (C=O) groups is 3. The van der Waals surface area contributed by atoms with Crippen LogP contribution in [0.4, 0.5) is 4.79 Å². The van der Waals surface area contributed by atoms with Crippen LogP contribution in [0, 0.1) is 0 Å². The number of amides is 3. The molecule has 190 valence electrons. The zero-order valence-corrected chi connectivity index (χ0v) is 20.9. The highest BCUT2D eigenvalue weighted by atomic mass is 16.5. The second-order valence-corrected chi connectivity index (χ2v) is 9.93. The number of hydrogen-bond donors (Lipinski definition) is 0. The maximum atomic E-state index is 14.0. The number of esters is 1. The van der Waals surface area contributed by atoms with E-state index in [-0.39, 0.29) is 23.9 Å². The highest BCUT2D eigenvalue weighted by Gasteiger charge is 2.59. The van der Waals surface area contributed by atoms with Gasteiger partial charge in [-0.05, 0) is 54.5 Å². The Bertz CT molecular complexity index is 1120. The quantitative estimate of drug-likeness (QED) is 0.438. The molecule has 0 saturated carbocycles. The molecule has 8 nitrogen and oxygen atoms in total. The average Bonchev–Trinajstić information content (AvgIpc) is 3.41. The summed E-state index contributed by atoms with van der Waals surface area (Å²) in [5, 5.41) is 0. The number of carbonyl (C=O) groups excluding carboxylic acids is 3. The summed E-state index contributed by atoms with van der Waals surface area (Å²) in [6, 6.07) is 15.3. The van der Waals surface area contributed by atoms with Crippen molar-refractivity contribution in [3.63, 3.8) is 0 Å². The summed E-state index contributed by atoms with van der Waals surface area (Å²) in [7, 11) is 2.99. The number of rotatable bonds is 7. The third kappa shape index (κ3) is 4.29. The van der Waals surface area contributed by atoms with E-state index in [2.05, 4.69) is 17.0 Å². The number of benzene rings is 2. The van der Waals surface area contributed by atoms with Gasteiger partial charge in [0, 0.05) is 39.3 Å². The molecule has 0 bridgehead atoms. The first-order valence-corrected chi connectivity index (χ1v) is 12.6. The van der Waals surface area contributed by atoms with Crippen LogP contribution in [0.3, 0.4) is 0 Å². The molecule has 3 amide bonds. The fourth-order valence-corrected chi connectivity index (χ4v) is 5.96. The fraction of sp³-hybridized carbons (Fsp3) is 0.464. The van der Waals surface area contributed by atoms with E-state index >= 15 is 0 Å². The number of ether oxygens (including phenoxy) is 2. The first-order chi connectivity index (χ1) is 17.5. The molecule has 2 fully saturated rings. The van der Waals surface area contributed by atoms with Gasteiger partial charge < -0.3 is 14.4 Å². The van der Waals surface area contributed by atoms with Crippen LogP contribution in [-0.4, -0.2) is 84.6 Å². The normalized spacial score (nSPS) is 19.8. The SMILES string of the molecule is COCCN1C(=O)N(C2Cc3ccccc3C2)C(=O)C12CCN(Cc1ccc(C(=O)OC)cc1)CC2. The van der Waals surface area contributed by atoms with Crippen molar-refractivity contribution in [3.05, 3.63) is 70.8 Å². The molecular weight excluding hydrogens is 458 g/mol. The topological polar surface area (TPSA) is 79.4 Å². The molecule has 0 atom stereocenters. The second-order valence-electron chi connectivity index (χ2n) is 9.93. The Labute approximate surface area is 211 Å². The van der Waals surface area contributed by atoms with Crippen molar-refractivity contribution in [2.45, 2.75) is 43.8 Å². The summed E-state index contributed by atoms with van der Waals surface area (Å²) in [6.45, 7) is 2.95. The van der Waals surface area contributed by atoms with E-state index < -0.39 is 5.54 Å². The third-order valence-electron chi connectivity index (χ3n) is 7.95. The Morgan fingerprint density at radius 2 is 1.61 bits per heavy atom. The van der Waals surface area contributed by atoms with Crippen LogP contribution in [0.15, 0.2) is 48.5 Å². The summed E-state index contributed by atoms with van der Waals surface area (Å²) >= 11 is 0. The van der Waals surface area contributed by atoms with E-state index in [1.54, 1.807) is 29.0 Å². The van der Waals surface area contributed by atoms with Gasteiger partial charge in [-0.25, -0.2) is 9.59 Å². The molecule has 0 radical (unpaired) electrons. The minimum atomic E-state index is -0.810. The maximum Gasteiger partial charge on any atom is 0.337 e. The van der Waals surface area contributed by atoms with Crippen molar-refractivity contribution in [1.82, 2.24) is 14.7 Å². The number of piperidine rings is 1. The molecule has 0 unspecified atom stereocenters. The molecule has 36 heavy (non-hydrogen) atoms. The number of nitrogens with zero attached hydrogens (tertiary/aromatic N) is 3. The minimum absolute atomic E-state index is 0.0523. The summed E-state index contributed by atoms with van der Waals surface area (Å²) in [6.07, 6.45) is 2.63. The molecule has 0 N–H and O–H groups in total. The van der Waals surface area contributed by atoms with Crippen LogP contribution < -0.4 is 0 Å². The Kier molecular flexibility index (Phi) is 6.81. The Morgan fingerprint density at radius 3 is 2.19 bits per heavy atom. The van der Waals surface area contributed by atoms with Gasteiger partial charge in [-0.3, -0.25) is 14.6 Å². The Morgan fingerprint density at radius 1 is 0.972 bits per heavy atom. The molecule has 2 aromatic carbocycles. The molecule has 1 spiro atoms. The number of fused-ring (bicyclic) bond motifs is 1. The van der Waals surface area contributed by atoms with E-state index in [1.165, 1.54) is 18.2 Å². The van der Waals surface area contributed by atoms with Crippen LogP contribution in [0.1, 0.15) is 39.9 Å². The number of urea groups is 1. The molecule has 8 heteroatoms. The lowest BCUT2D eigenvalue weighted by molar-refractivity contribution is -0.137. The molecule has 2 aromatic rings. The smallest absolute Gasteiger partial charge is 0.337 e. The molecule has 0 aromatic heterocycles. The predicted molar refractivity (Wildman–Crippen MR) is 133 cm³/mol. The van der Waals surface area contributed by atoms with Gasteiger partial charge in [0.2, 0.25) is 0 Å². The lowest BCUT2D eigenvalue weighted by Crippen LogP contribution is -2.57. The number of hydrogen-bond acceptors (Lipinski definition) is 6. The predicted octanol–water partition coefficient (Wildman–Crippen LogP) is 2.89. The van der Waals surface area contributed by atoms with E-state index in [4.69, 9.17) is 9.47 Å². The van der Waals surface area contributed by atoms with Gasteiger partial charge in [0.15, 0.2) is 0 Å². The summed E-state index contributed by atoms with van der Waals surface area (Å²) in [4.78, 5) is 44.9. The van der Waals surface area contributed by atoms with Gasteiger partial charge in [0.1, 0.15) is 5.54 Å². The van der Waals surface area contributed by atoms with E-state index in [1.807, 2.05) is 24.3 Å². The first kappa shape index (κ1) is 24.5. The lowest BCUT2D eigenvalue weighted by Gasteiger charge is -2.42. The number of imide groups is 1. The van der Waals surface area contributed by atoms with Gasteiger partial charge in [-0.1, -0.05) is 36.4 Å². The summed E-state index contributed by atoms with van der Waals surface area (Å²) < 4.78 is 10.1. The van der Waals surface area contributed by atoms with E-state index in [0.717, 1.165) is 24.9 Å². The standard InChI is InChI=1S/C28H33N3O5/c1-35-16-15-30-27(34)31(24-17-22-5-3-4-6-23(22)18-24)26(33)28(30)11-13-29(14-12-28)19-20-7-9-21(10-8-20)25(32)36-2/h3-10,24H,11-19H2,1-2H3. The van der Waals surface area contributed by atoms with Gasteiger partial charge in [-0.15, -0.1) is 0 Å². The molecule has 2 aliphatic heterocycles. The zero-order chi connectivity index (χ0) is 25.3. The number of methoxy groups -OCH3 is 2. The molecule has 2 heterocycles. The molecule has 2 saturated heterocycles. The fourth-order valence-electron chi connectivity index (χ4n) is 5.96. The molecule has 1 aliphatic carbocycles. The second kappa shape index (κ2) is 10.0. The van der Waals surface area contributed by atoms with Crippen molar-refractivity contribution in [1.29, 1.82) is 0 Å². The number of likely N-dealkylation sites (tertiary alicyclic amines) is 1. The van der Waals surface area contributed by atoms with Gasteiger partial charge >= 0.3 is 12.0 Å².